The van der Waals surface area contributed by atoms with Crippen molar-refractivity contribution in [2.45, 2.75) is 67.5 Å². The van der Waals surface area contributed by atoms with E-state index in [2.05, 4.69) is 4.90 Å². The summed E-state index contributed by atoms with van der Waals surface area (Å²) in [6, 6.07) is 14.7. The third-order valence-electron chi connectivity index (χ3n) is 10.9. The van der Waals surface area contributed by atoms with Gasteiger partial charge in [0.2, 0.25) is 5.91 Å². The number of piperidine rings is 1. The van der Waals surface area contributed by atoms with E-state index < -0.39 is 51.8 Å². The second-order valence-electron chi connectivity index (χ2n) is 13.0. The smallest absolute Gasteiger partial charge is 0.416 e. The molecule has 3 aromatic carbocycles. The van der Waals surface area contributed by atoms with E-state index in [4.69, 9.17) is 4.74 Å². The molecule has 2 aliphatic carbocycles. The van der Waals surface area contributed by atoms with Gasteiger partial charge in [-0.15, -0.1) is 0 Å². The summed E-state index contributed by atoms with van der Waals surface area (Å²) in [6.45, 7) is 1.21. The molecule has 4 aliphatic rings. The molecule has 1 amide bonds. The molecular weight excluding hydrogens is 615 g/mol. The van der Waals surface area contributed by atoms with Crippen molar-refractivity contribution in [3.63, 3.8) is 0 Å². The largest absolute Gasteiger partial charge is 0.504 e. The van der Waals surface area contributed by atoms with Crippen molar-refractivity contribution in [3.05, 3.63) is 105 Å². The average molecular weight is 650 g/mol. The van der Waals surface area contributed by atoms with Crippen LogP contribution >= 0.6 is 0 Å². The molecule has 9 nitrogen and oxygen atoms in total. The van der Waals surface area contributed by atoms with Crippen LogP contribution in [0, 0.1) is 10.1 Å². The molecule has 47 heavy (non-hydrogen) atoms. The molecule has 12 heteroatoms. The fraction of sp³-hybridized carbons (Fsp3) is 0.400. The number of phenols is 1. The molecule has 246 valence electrons. The van der Waals surface area contributed by atoms with Crippen molar-refractivity contribution in [1.82, 2.24) is 9.80 Å². The van der Waals surface area contributed by atoms with E-state index >= 15 is 0 Å². The Hall–Kier alpha value is -4.42. The maximum Gasteiger partial charge on any atom is 0.416 e. The second kappa shape index (κ2) is 11.1. The molecule has 2 N–H and O–H groups in total. The van der Waals surface area contributed by atoms with Gasteiger partial charge in [0.1, 0.15) is 6.10 Å². The average Bonchev–Trinajstić information content (AvgIpc) is 3.39. The summed E-state index contributed by atoms with van der Waals surface area (Å²) in [5.41, 5.74) is -1.30. The summed E-state index contributed by atoms with van der Waals surface area (Å²) in [7, 11) is 1.58. The summed E-state index contributed by atoms with van der Waals surface area (Å²) in [5, 5.41) is 36.1. The molecule has 1 saturated heterocycles. The highest BCUT2D eigenvalue weighted by molar-refractivity contribution is 5.92. The van der Waals surface area contributed by atoms with Gasteiger partial charge in [0.05, 0.1) is 33.6 Å². The summed E-state index contributed by atoms with van der Waals surface area (Å²) in [6.07, 6.45) is -0.859. The van der Waals surface area contributed by atoms with Gasteiger partial charge in [0, 0.05) is 36.8 Å². The Morgan fingerprint density at radius 3 is 2.66 bits per heavy atom. The van der Waals surface area contributed by atoms with Crippen LogP contribution in [0.4, 0.5) is 18.9 Å². The third kappa shape index (κ3) is 4.79. The number of halogens is 3. The zero-order valence-electron chi connectivity index (χ0n) is 25.6. The van der Waals surface area contributed by atoms with Crippen LogP contribution < -0.4 is 4.74 Å². The first kappa shape index (κ1) is 31.2. The molecule has 1 spiro atoms. The molecule has 2 heterocycles. The lowest BCUT2D eigenvalue weighted by molar-refractivity contribution is -0.386. The highest BCUT2D eigenvalue weighted by Gasteiger charge is 2.74. The first-order valence-electron chi connectivity index (χ1n) is 15.7. The number of ether oxygens (including phenoxy) is 1. The summed E-state index contributed by atoms with van der Waals surface area (Å²) in [5.74, 6) is -0.752. The maximum atomic E-state index is 13.5. The minimum absolute atomic E-state index is 0.109. The molecular formula is C35H34F3N3O6. The van der Waals surface area contributed by atoms with E-state index in [-0.39, 0.29) is 35.6 Å². The van der Waals surface area contributed by atoms with Crippen LogP contribution in [0.1, 0.15) is 47.1 Å². The number of alkyl halides is 3. The van der Waals surface area contributed by atoms with Crippen LogP contribution in [0.5, 0.6) is 11.5 Å². The number of likely N-dealkylation sites (N-methyl/N-ethyl adjacent to an activating group) is 1. The van der Waals surface area contributed by atoms with Gasteiger partial charge in [-0.3, -0.25) is 19.8 Å². The number of carbonyl (C=O) groups excluding carboxylic acids is 1. The molecule has 7 rings (SSSR count). The van der Waals surface area contributed by atoms with Crippen LogP contribution in [0.3, 0.4) is 0 Å². The fourth-order valence-corrected chi connectivity index (χ4v) is 8.68. The predicted octanol–water partition coefficient (Wildman–Crippen LogP) is 5.26. The van der Waals surface area contributed by atoms with E-state index in [0.29, 0.717) is 37.1 Å². The number of amides is 1. The van der Waals surface area contributed by atoms with Gasteiger partial charge in [-0.1, -0.05) is 42.5 Å². The van der Waals surface area contributed by atoms with Crippen molar-refractivity contribution < 1.29 is 37.8 Å². The zero-order chi connectivity index (χ0) is 33.3. The number of carbonyl (C=O) groups is 1. The Labute approximate surface area is 269 Å². The lowest BCUT2D eigenvalue weighted by Gasteiger charge is -2.64. The quantitative estimate of drug-likeness (QED) is 0.204. The Morgan fingerprint density at radius 1 is 1.17 bits per heavy atom. The van der Waals surface area contributed by atoms with Gasteiger partial charge >= 0.3 is 6.18 Å². The number of phenolic OH excluding ortho intramolecular Hbond substituents is 1. The van der Waals surface area contributed by atoms with Crippen LogP contribution in [0.2, 0.25) is 0 Å². The highest BCUT2D eigenvalue weighted by Crippen LogP contribution is 2.67. The SMILES string of the molecule is CN(C(=O)C=Cc1cccc(C(F)(F)F)c1)[C@@H]1CC[C@@]2(O)[C@H]3Cc4c([N+](=O)[O-])cc(O)c5c4[C@@]2(CCN3CCc2ccccc2)[C@H]1O5. The Morgan fingerprint density at radius 2 is 1.94 bits per heavy atom. The first-order chi connectivity index (χ1) is 22.3. The highest BCUT2D eigenvalue weighted by atomic mass is 19.4. The molecule has 0 radical (unpaired) electrons. The number of hydrogen-bond acceptors (Lipinski definition) is 7. The number of aromatic hydroxyl groups is 1. The number of benzene rings is 3. The number of hydrogen-bond donors (Lipinski definition) is 2. The van der Waals surface area contributed by atoms with Gasteiger partial charge < -0.3 is 19.8 Å². The molecule has 2 fully saturated rings. The number of aliphatic hydroxyl groups is 1. The second-order valence-corrected chi connectivity index (χ2v) is 13.0. The van der Waals surface area contributed by atoms with Crippen LogP contribution in [-0.4, -0.2) is 74.8 Å². The Kier molecular flexibility index (Phi) is 7.36. The minimum atomic E-state index is -4.52. The van der Waals surface area contributed by atoms with Gasteiger partial charge in [0.15, 0.2) is 11.5 Å². The Bertz CT molecular complexity index is 1780. The monoisotopic (exact) mass is 649 g/mol. The third-order valence-corrected chi connectivity index (χ3v) is 10.9. The lowest BCUT2D eigenvalue weighted by atomic mass is 9.48. The molecule has 5 atom stereocenters. The molecule has 1 saturated carbocycles. The van der Waals surface area contributed by atoms with Crippen molar-refractivity contribution >= 4 is 17.7 Å². The number of nitrogens with zero attached hydrogens (tertiary/aromatic N) is 3. The fourth-order valence-electron chi connectivity index (χ4n) is 8.68. The summed E-state index contributed by atoms with van der Waals surface area (Å²) >= 11 is 0. The van der Waals surface area contributed by atoms with Crippen molar-refractivity contribution in [1.29, 1.82) is 0 Å². The minimum Gasteiger partial charge on any atom is -0.504 e. The molecule has 0 aromatic heterocycles. The maximum absolute atomic E-state index is 13.5. The zero-order valence-corrected chi connectivity index (χ0v) is 25.6. The normalized spacial score (nSPS) is 27.7. The molecule has 0 unspecified atom stereocenters. The molecule has 2 bridgehead atoms. The van der Waals surface area contributed by atoms with E-state index in [1.807, 2.05) is 30.3 Å². The first-order valence-corrected chi connectivity index (χ1v) is 15.7. The van der Waals surface area contributed by atoms with E-state index in [1.54, 1.807) is 7.05 Å². The van der Waals surface area contributed by atoms with Crippen LogP contribution in [0.25, 0.3) is 6.08 Å². The van der Waals surface area contributed by atoms with E-state index in [9.17, 15) is 38.3 Å². The van der Waals surface area contributed by atoms with Crippen molar-refractivity contribution in [2.75, 3.05) is 20.1 Å². The van der Waals surface area contributed by atoms with Gasteiger partial charge in [-0.2, -0.15) is 13.2 Å². The van der Waals surface area contributed by atoms with Crippen LogP contribution in [-0.2, 0) is 29.2 Å². The molecule has 2 aliphatic heterocycles. The van der Waals surface area contributed by atoms with Gasteiger partial charge in [0.25, 0.3) is 5.69 Å². The standard InChI is InChI=1S/C35H34F3N3O6/c1-39(29(43)11-10-22-8-5-9-23(18-22)35(36,37)38)25-12-14-34(44)28-19-24-26(41(45)46)20-27(42)31-30(24)33(34,32(25)47-31)15-17-40(28)16-13-21-6-3-2-4-7-21/h2-11,18,20,25,28,32,42,44H,12-17,19H2,1H3/t25-,28-,32+,33+,34-/m1/s1. The number of rotatable bonds is 7. The number of likely N-dealkylation sites (tertiary alicyclic amines) is 1. The van der Waals surface area contributed by atoms with Crippen molar-refractivity contribution in [3.8, 4) is 11.5 Å². The lowest BCUT2D eigenvalue weighted by Crippen LogP contribution is -2.78. The van der Waals surface area contributed by atoms with Gasteiger partial charge in [-0.25, -0.2) is 0 Å². The Balaban J connectivity index is 1.24. The van der Waals surface area contributed by atoms with Gasteiger partial charge in [-0.05, 0) is 68.0 Å². The van der Waals surface area contributed by atoms with Crippen LogP contribution in [0.15, 0.2) is 66.7 Å². The number of nitro benzene ring substituents is 1. The molecule has 3 aromatic rings. The predicted molar refractivity (Wildman–Crippen MR) is 166 cm³/mol. The topological polar surface area (TPSA) is 116 Å². The summed E-state index contributed by atoms with van der Waals surface area (Å²) < 4.78 is 46.2. The van der Waals surface area contributed by atoms with E-state index in [1.165, 1.54) is 29.2 Å². The number of nitro groups is 1. The van der Waals surface area contributed by atoms with Crippen molar-refractivity contribution in [2.24, 2.45) is 0 Å². The van der Waals surface area contributed by atoms with E-state index in [0.717, 1.165) is 30.2 Å². The summed E-state index contributed by atoms with van der Waals surface area (Å²) in [4.78, 5) is 28.9.